The van der Waals surface area contributed by atoms with Crippen LogP contribution in [0.15, 0.2) is 18.5 Å². The lowest BCUT2D eigenvalue weighted by molar-refractivity contribution is 1.12. The molecular formula is C11H14N4S. The normalized spacial score (nSPS) is 10.4. The third-order valence-corrected chi connectivity index (χ3v) is 3.17. The summed E-state index contributed by atoms with van der Waals surface area (Å²) in [4.78, 5) is 9.64. The third-order valence-electron chi connectivity index (χ3n) is 2.26. The van der Waals surface area contributed by atoms with E-state index in [9.17, 15) is 0 Å². The second-order valence-corrected chi connectivity index (χ2v) is 4.94. The summed E-state index contributed by atoms with van der Waals surface area (Å²) in [6.07, 6.45) is 3.65. The first-order valence-corrected chi connectivity index (χ1v) is 5.84. The van der Waals surface area contributed by atoms with Gasteiger partial charge in [-0.15, -0.1) is 11.3 Å². The SMILES string of the molecule is Cc1ncc(CNc2cc(N)c(C)cn2)s1. The van der Waals surface area contributed by atoms with Crippen LogP contribution in [-0.4, -0.2) is 9.97 Å². The number of thiazole rings is 1. The van der Waals surface area contributed by atoms with Crippen LogP contribution in [0.3, 0.4) is 0 Å². The molecule has 0 saturated heterocycles. The Labute approximate surface area is 98.6 Å². The largest absolute Gasteiger partial charge is 0.398 e. The van der Waals surface area contributed by atoms with Crippen molar-refractivity contribution in [1.29, 1.82) is 0 Å². The smallest absolute Gasteiger partial charge is 0.128 e. The molecule has 84 valence electrons. The highest BCUT2D eigenvalue weighted by Gasteiger charge is 2.00. The Kier molecular flexibility index (Phi) is 3.05. The van der Waals surface area contributed by atoms with Crippen LogP contribution >= 0.6 is 11.3 Å². The number of aryl methyl sites for hydroxylation is 2. The summed E-state index contributed by atoms with van der Waals surface area (Å²) < 4.78 is 0. The number of nitrogen functional groups attached to an aromatic ring is 1. The Bertz CT molecular complexity index is 492. The van der Waals surface area contributed by atoms with Gasteiger partial charge in [-0.3, -0.25) is 0 Å². The predicted octanol–water partition coefficient (Wildman–Crippen LogP) is 2.35. The van der Waals surface area contributed by atoms with E-state index in [1.54, 1.807) is 17.5 Å². The topological polar surface area (TPSA) is 63.8 Å². The first-order valence-electron chi connectivity index (χ1n) is 5.02. The maximum atomic E-state index is 5.80. The van der Waals surface area contributed by atoms with Crippen molar-refractivity contribution in [2.75, 3.05) is 11.1 Å². The van der Waals surface area contributed by atoms with Gasteiger partial charge in [-0.1, -0.05) is 0 Å². The zero-order chi connectivity index (χ0) is 11.5. The Hall–Kier alpha value is -1.62. The molecule has 2 heterocycles. The molecule has 0 bridgehead atoms. The van der Waals surface area contributed by atoms with Gasteiger partial charge < -0.3 is 11.1 Å². The predicted molar refractivity (Wildman–Crippen MR) is 67.6 cm³/mol. The molecule has 0 aliphatic heterocycles. The summed E-state index contributed by atoms with van der Waals surface area (Å²) in [5.74, 6) is 0.800. The number of nitrogens with zero attached hydrogens (tertiary/aromatic N) is 2. The van der Waals surface area contributed by atoms with Gasteiger partial charge in [-0.25, -0.2) is 9.97 Å². The lowest BCUT2D eigenvalue weighted by atomic mass is 10.2. The van der Waals surface area contributed by atoms with Gasteiger partial charge in [0.2, 0.25) is 0 Å². The fourth-order valence-corrected chi connectivity index (χ4v) is 2.04. The molecule has 0 radical (unpaired) electrons. The zero-order valence-corrected chi connectivity index (χ0v) is 10.1. The molecule has 16 heavy (non-hydrogen) atoms. The van der Waals surface area contributed by atoms with E-state index in [2.05, 4.69) is 15.3 Å². The molecule has 0 atom stereocenters. The number of nitrogens with two attached hydrogens (primary N) is 1. The fourth-order valence-electron chi connectivity index (χ4n) is 1.30. The van der Waals surface area contributed by atoms with Crippen LogP contribution in [-0.2, 0) is 6.54 Å². The minimum absolute atomic E-state index is 0.737. The molecule has 0 amide bonds. The maximum Gasteiger partial charge on any atom is 0.128 e. The van der Waals surface area contributed by atoms with E-state index < -0.39 is 0 Å². The molecule has 2 aromatic rings. The number of anilines is 2. The lowest BCUT2D eigenvalue weighted by Gasteiger charge is -2.05. The average molecular weight is 234 g/mol. The quantitative estimate of drug-likeness (QED) is 0.855. The van der Waals surface area contributed by atoms with Gasteiger partial charge in [-0.05, 0) is 19.4 Å². The Morgan fingerprint density at radius 1 is 1.31 bits per heavy atom. The number of pyridine rings is 1. The molecule has 2 rings (SSSR count). The molecular weight excluding hydrogens is 220 g/mol. The molecule has 0 fully saturated rings. The number of hydrogen-bond acceptors (Lipinski definition) is 5. The molecule has 0 spiro atoms. The number of nitrogens with one attached hydrogen (secondary N) is 1. The minimum atomic E-state index is 0.737. The number of rotatable bonds is 3. The number of hydrogen-bond donors (Lipinski definition) is 2. The summed E-state index contributed by atoms with van der Waals surface area (Å²) in [6.45, 7) is 4.68. The van der Waals surface area contributed by atoms with Gasteiger partial charge in [0.15, 0.2) is 0 Å². The third kappa shape index (κ3) is 2.49. The van der Waals surface area contributed by atoms with E-state index in [0.717, 1.165) is 28.6 Å². The van der Waals surface area contributed by atoms with Gasteiger partial charge >= 0.3 is 0 Å². The molecule has 0 unspecified atom stereocenters. The van der Waals surface area contributed by atoms with E-state index in [4.69, 9.17) is 5.73 Å². The molecule has 0 aliphatic rings. The molecule has 3 N–H and O–H groups in total. The van der Waals surface area contributed by atoms with Crippen LogP contribution in [0.25, 0.3) is 0 Å². The highest BCUT2D eigenvalue weighted by Crippen LogP contribution is 2.16. The first kappa shape index (κ1) is 10.9. The summed E-state index contributed by atoms with van der Waals surface area (Å²) in [5.41, 5.74) is 7.57. The van der Waals surface area contributed by atoms with Gasteiger partial charge in [-0.2, -0.15) is 0 Å². The molecule has 2 aromatic heterocycles. The summed E-state index contributed by atoms with van der Waals surface area (Å²) in [7, 11) is 0. The van der Waals surface area contributed by atoms with Gasteiger partial charge in [0, 0.05) is 29.0 Å². The van der Waals surface area contributed by atoms with E-state index >= 15 is 0 Å². The standard InChI is InChI=1S/C11H14N4S/c1-7-4-14-11(3-10(7)12)15-6-9-5-13-8(2)16-9/h3-5H,6H2,1-2H3,(H3,12,14,15). The monoisotopic (exact) mass is 234 g/mol. The van der Waals surface area contributed by atoms with E-state index in [1.165, 1.54) is 4.88 Å². The van der Waals surface area contributed by atoms with E-state index in [-0.39, 0.29) is 0 Å². The van der Waals surface area contributed by atoms with Crippen molar-refractivity contribution in [2.24, 2.45) is 0 Å². The maximum absolute atomic E-state index is 5.80. The van der Waals surface area contributed by atoms with Crippen LogP contribution in [0.4, 0.5) is 11.5 Å². The Balaban J connectivity index is 2.02. The Morgan fingerprint density at radius 2 is 2.12 bits per heavy atom. The van der Waals surface area contributed by atoms with Crippen LogP contribution < -0.4 is 11.1 Å². The van der Waals surface area contributed by atoms with Crippen molar-refractivity contribution in [2.45, 2.75) is 20.4 Å². The van der Waals surface area contributed by atoms with Crippen molar-refractivity contribution < 1.29 is 0 Å². The highest BCUT2D eigenvalue weighted by molar-refractivity contribution is 7.11. The molecule has 5 heteroatoms. The van der Waals surface area contributed by atoms with Crippen LogP contribution in [0.5, 0.6) is 0 Å². The first-order chi connectivity index (χ1) is 7.65. The van der Waals surface area contributed by atoms with Gasteiger partial charge in [0.25, 0.3) is 0 Å². The van der Waals surface area contributed by atoms with Gasteiger partial charge in [0.05, 0.1) is 11.6 Å². The Morgan fingerprint density at radius 3 is 2.75 bits per heavy atom. The zero-order valence-electron chi connectivity index (χ0n) is 9.32. The van der Waals surface area contributed by atoms with Crippen LogP contribution in [0.2, 0.25) is 0 Å². The lowest BCUT2D eigenvalue weighted by Crippen LogP contribution is -2.01. The van der Waals surface area contributed by atoms with Crippen molar-refractivity contribution in [3.8, 4) is 0 Å². The highest BCUT2D eigenvalue weighted by atomic mass is 32.1. The second kappa shape index (κ2) is 4.49. The summed E-state index contributed by atoms with van der Waals surface area (Å²) in [6, 6.07) is 1.85. The molecule has 0 saturated carbocycles. The molecule has 0 aliphatic carbocycles. The van der Waals surface area contributed by atoms with Crippen molar-refractivity contribution in [3.05, 3.63) is 33.9 Å². The van der Waals surface area contributed by atoms with Crippen molar-refractivity contribution >= 4 is 22.8 Å². The van der Waals surface area contributed by atoms with E-state index in [0.29, 0.717) is 0 Å². The summed E-state index contributed by atoms with van der Waals surface area (Å²) in [5, 5.41) is 4.30. The number of aromatic nitrogens is 2. The summed E-state index contributed by atoms with van der Waals surface area (Å²) >= 11 is 1.68. The van der Waals surface area contributed by atoms with Crippen LogP contribution in [0, 0.1) is 13.8 Å². The van der Waals surface area contributed by atoms with Crippen molar-refractivity contribution in [1.82, 2.24) is 9.97 Å². The fraction of sp³-hybridized carbons (Fsp3) is 0.273. The second-order valence-electron chi connectivity index (χ2n) is 3.63. The minimum Gasteiger partial charge on any atom is -0.398 e. The average Bonchev–Trinajstić information content (AvgIpc) is 2.66. The molecule has 0 aromatic carbocycles. The van der Waals surface area contributed by atoms with E-state index in [1.807, 2.05) is 26.1 Å². The van der Waals surface area contributed by atoms with Crippen molar-refractivity contribution in [3.63, 3.8) is 0 Å². The van der Waals surface area contributed by atoms with Gasteiger partial charge in [0.1, 0.15) is 5.82 Å². The van der Waals surface area contributed by atoms with Crippen LogP contribution in [0.1, 0.15) is 15.4 Å². The molecule has 4 nitrogen and oxygen atoms in total.